The molecule has 184 valence electrons. The highest BCUT2D eigenvalue weighted by atomic mass is 32.1. The van der Waals surface area contributed by atoms with Gasteiger partial charge >= 0.3 is 5.97 Å². The maximum Gasteiger partial charge on any atom is 0.338 e. The molecule has 0 saturated heterocycles. The maximum atomic E-state index is 13.1. The van der Waals surface area contributed by atoms with Crippen LogP contribution in [0.15, 0.2) is 40.8 Å². The Morgan fingerprint density at radius 1 is 1.14 bits per heavy atom. The van der Waals surface area contributed by atoms with E-state index < -0.39 is 6.17 Å². The third kappa shape index (κ3) is 4.38. The third-order valence-corrected chi connectivity index (χ3v) is 8.84. The number of furan rings is 1. The second-order valence-electron chi connectivity index (χ2n) is 10.0. The summed E-state index contributed by atoms with van der Waals surface area (Å²) < 4.78 is 11.2. The lowest BCUT2D eigenvalue weighted by atomic mass is 9.69. The Hall–Kier alpha value is -3.06. The normalized spacial score (nSPS) is 19.4. The first kappa shape index (κ1) is 23.7. The minimum Gasteiger partial charge on any atom is -0.462 e. The number of thiophene rings is 1. The Balaban J connectivity index is 1.34. The van der Waals surface area contributed by atoms with Crippen LogP contribution in [-0.2, 0) is 17.6 Å². The van der Waals surface area contributed by atoms with Crippen LogP contribution in [0.3, 0.4) is 0 Å². The first-order valence-electron chi connectivity index (χ1n) is 12.4. The van der Waals surface area contributed by atoms with Crippen molar-refractivity contribution in [2.24, 2.45) is 11.3 Å². The minimum atomic E-state index is -0.425. The molecule has 5 rings (SSSR count). The van der Waals surface area contributed by atoms with Crippen LogP contribution in [0.1, 0.15) is 83.6 Å². The van der Waals surface area contributed by atoms with Crippen LogP contribution in [-0.4, -0.2) is 18.5 Å². The standard InChI is InChI=1S/C28H32N2O4S/c1-5-28(3,4)18-11-12-19-22(15-18)35-26-23(19)25(31)29-24(30-26)21-14-13-20(34-21)16-7-9-17(10-8-16)27(32)33-6-2/h7-10,13-14,18,24,30H,5-6,11-12,15H2,1-4H3,(H,29,31)/t18-,24+/m1/s1. The molecular formula is C28H32N2O4S. The van der Waals surface area contributed by atoms with E-state index in [4.69, 9.17) is 9.15 Å². The second-order valence-corrected chi connectivity index (χ2v) is 11.1. The molecule has 0 radical (unpaired) electrons. The molecule has 1 aliphatic heterocycles. The first-order valence-corrected chi connectivity index (χ1v) is 13.2. The zero-order valence-electron chi connectivity index (χ0n) is 20.7. The van der Waals surface area contributed by atoms with Crippen molar-refractivity contribution in [3.8, 4) is 11.3 Å². The number of esters is 1. The summed E-state index contributed by atoms with van der Waals surface area (Å²) >= 11 is 1.72. The summed E-state index contributed by atoms with van der Waals surface area (Å²) in [6, 6.07) is 10.9. The van der Waals surface area contributed by atoms with Crippen molar-refractivity contribution in [3.63, 3.8) is 0 Å². The quantitative estimate of drug-likeness (QED) is 0.380. The molecule has 6 nitrogen and oxygen atoms in total. The van der Waals surface area contributed by atoms with Crippen molar-refractivity contribution in [2.75, 3.05) is 11.9 Å². The molecule has 35 heavy (non-hydrogen) atoms. The van der Waals surface area contributed by atoms with Gasteiger partial charge < -0.3 is 19.8 Å². The van der Waals surface area contributed by atoms with E-state index in [-0.39, 0.29) is 11.9 Å². The van der Waals surface area contributed by atoms with Gasteiger partial charge in [-0.2, -0.15) is 0 Å². The molecule has 3 heterocycles. The van der Waals surface area contributed by atoms with Gasteiger partial charge in [0, 0.05) is 10.4 Å². The number of rotatable bonds is 6. The van der Waals surface area contributed by atoms with Gasteiger partial charge in [-0.3, -0.25) is 4.79 Å². The minimum absolute atomic E-state index is 0.0359. The molecule has 0 bridgehead atoms. The molecule has 2 aromatic heterocycles. The predicted molar refractivity (Wildman–Crippen MR) is 138 cm³/mol. The van der Waals surface area contributed by atoms with Crippen LogP contribution in [0.4, 0.5) is 5.00 Å². The summed E-state index contributed by atoms with van der Waals surface area (Å²) in [5, 5.41) is 7.53. The van der Waals surface area contributed by atoms with Crippen molar-refractivity contribution in [1.82, 2.24) is 5.32 Å². The predicted octanol–water partition coefficient (Wildman–Crippen LogP) is 6.58. The van der Waals surface area contributed by atoms with Crippen molar-refractivity contribution >= 4 is 28.2 Å². The molecular weight excluding hydrogens is 460 g/mol. The van der Waals surface area contributed by atoms with Gasteiger partial charge in [-0.1, -0.05) is 39.3 Å². The molecule has 0 unspecified atom stereocenters. The first-order chi connectivity index (χ1) is 16.8. The van der Waals surface area contributed by atoms with E-state index in [1.165, 1.54) is 10.4 Å². The number of carbonyl (C=O) groups is 2. The van der Waals surface area contributed by atoms with Crippen LogP contribution in [0.25, 0.3) is 11.3 Å². The molecule has 1 amide bonds. The number of anilines is 1. The maximum absolute atomic E-state index is 13.1. The van der Waals surface area contributed by atoms with Crippen LogP contribution >= 0.6 is 11.3 Å². The Bertz CT molecular complexity index is 1250. The average Bonchev–Trinajstić information content (AvgIpc) is 3.49. The third-order valence-electron chi connectivity index (χ3n) is 7.65. The second kappa shape index (κ2) is 9.19. The van der Waals surface area contributed by atoms with E-state index in [9.17, 15) is 9.59 Å². The van der Waals surface area contributed by atoms with Gasteiger partial charge in [-0.05, 0) is 67.3 Å². The Morgan fingerprint density at radius 3 is 2.63 bits per heavy atom. The van der Waals surface area contributed by atoms with E-state index in [1.807, 2.05) is 24.3 Å². The average molecular weight is 493 g/mol. The molecule has 0 fully saturated rings. The van der Waals surface area contributed by atoms with Crippen LogP contribution in [0.2, 0.25) is 0 Å². The van der Waals surface area contributed by atoms with Gasteiger partial charge in [0.05, 0.1) is 17.7 Å². The highest BCUT2D eigenvalue weighted by Crippen LogP contribution is 2.47. The lowest BCUT2D eigenvalue weighted by molar-refractivity contribution is 0.0526. The molecule has 1 aliphatic carbocycles. The van der Waals surface area contributed by atoms with E-state index in [1.54, 1.807) is 30.4 Å². The fraction of sp³-hybridized carbons (Fsp3) is 0.429. The summed E-state index contributed by atoms with van der Waals surface area (Å²) in [5.74, 6) is 1.58. The van der Waals surface area contributed by atoms with Gasteiger partial charge in [-0.15, -0.1) is 11.3 Å². The summed E-state index contributed by atoms with van der Waals surface area (Å²) in [7, 11) is 0. The summed E-state index contributed by atoms with van der Waals surface area (Å²) in [4.78, 5) is 26.4. The Morgan fingerprint density at radius 2 is 1.91 bits per heavy atom. The lowest BCUT2D eigenvalue weighted by Crippen LogP contribution is -2.38. The molecule has 1 aromatic carbocycles. The van der Waals surface area contributed by atoms with Gasteiger partial charge in [0.25, 0.3) is 5.91 Å². The molecule has 7 heteroatoms. The van der Waals surface area contributed by atoms with Crippen molar-refractivity contribution in [1.29, 1.82) is 0 Å². The molecule has 2 N–H and O–H groups in total. The van der Waals surface area contributed by atoms with Gasteiger partial charge in [0.1, 0.15) is 16.5 Å². The summed E-state index contributed by atoms with van der Waals surface area (Å²) in [6.45, 7) is 9.11. The largest absolute Gasteiger partial charge is 0.462 e. The fourth-order valence-electron chi connectivity index (χ4n) is 5.04. The SMILES string of the molecule is CCOC(=O)c1ccc(-c2ccc([C@H]3NC(=O)c4c(sc5c4CC[C@@H](C(C)(C)CC)C5)N3)o2)cc1. The number of benzene rings is 1. The number of hydrogen-bond donors (Lipinski definition) is 2. The van der Waals surface area contributed by atoms with Crippen molar-refractivity contribution in [3.05, 3.63) is 63.7 Å². The highest BCUT2D eigenvalue weighted by Gasteiger charge is 2.37. The zero-order valence-corrected chi connectivity index (χ0v) is 21.5. The van der Waals surface area contributed by atoms with E-state index in [0.717, 1.165) is 41.8 Å². The van der Waals surface area contributed by atoms with E-state index >= 15 is 0 Å². The highest BCUT2D eigenvalue weighted by molar-refractivity contribution is 7.16. The summed E-state index contributed by atoms with van der Waals surface area (Å²) in [6.07, 6.45) is 3.86. The van der Waals surface area contributed by atoms with Crippen LogP contribution < -0.4 is 10.6 Å². The van der Waals surface area contributed by atoms with Gasteiger partial charge in [0.15, 0.2) is 6.17 Å². The number of carbonyl (C=O) groups excluding carboxylic acids is 2. The topological polar surface area (TPSA) is 80.6 Å². The number of nitrogens with one attached hydrogen (secondary N) is 2. The smallest absolute Gasteiger partial charge is 0.338 e. The van der Waals surface area contributed by atoms with Crippen LogP contribution in [0.5, 0.6) is 0 Å². The fourth-order valence-corrected chi connectivity index (χ4v) is 6.40. The Kier molecular flexibility index (Phi) is 6.21. The summed E-state index contributed by atoms with van der Waals surface area (Å²) in [5.41, 5.74) is 3.69. The van der Waals surface area contributed by atoms with Crippen molar-refractivity contribution in [2.45, 2.75) is 59.5 Å². The molecule has 0 spiro atoms. The molecule has 3 aromatic rings. The number of hydrogen-bond acceptors (Lipinski definition) is 6. The monoisotopic (exact) mass is 492 g/mol. The van der Waals surface area contributed by atoms with Gasteiger partial charge in [-0.25, -0.2) is 4.79 Å². The number of amides is 1. The molecule has 0 saturated carbocycles. The van der Waals surface area contributed by atoms with Crippen molar-refractivity contribution < 1.29 is 18.7 Å². The van der Waals surface area contributed by atoms with Crippen LogP contribution in [0, 0.1) is 11.3 Å². The number of ether oxygens (including phenoxy) is 1. The van der Waals surface area contributed by atoms with E-state index in [0.29, 0.717) is 35.0 Å². The van der Waals surface area contributed by atoms with Gasteiger partial charge in [0.2, 0.25) is 0 Å². The molecule has 2 aliphatic rings. The van der Waals surface area contributed by atoms with E-state index in [2.05, 4.69) is 31.4 Å². The lowest BCUT2D eigenvalue weighted by Gasteiger charge is -2.36. The molecule has 2 atom stereocenters. The Labute approximate surface area is 210 Å². The zero-order chi connectivity index (χ0) is 24.7. The number of fused-ring (bicyclic) bond motifs is 3.